The van der Waals surface area contributed by atoms with Gasteiger partial charge in [-0.15, -0.1) is 0 Å². The Kier molecular flexibility index (Phi) is 2.16. The van der Waals surface area contributed by atoms with Crippen LogP contribution < -0.4 is 5.43 Å². The molecule has 0 saturated carbocycles. The molecule has 18 heavy (non-hydrogen) atoms. The van der Waals surface area contributed by atoms with Crippen LogP contribution in [0.25, 0.3) is 21.7 Å². The fraction of sp³-hybridized carbons (Fsp3) is 0. The van der Waals surface area contributed by atoms with E-state index >= 15 is 0 Å². The van der Waals surface area contributed by atoms with Crippen molar-refractivity contribution in [3.8, 4) is 0 Å². The second-order valence-electron chi connectivity index (χ2n) is 3.94. The van der Waals surface area contributed by atoms with Crippen LogP contribution >= 0.6 is 0 Å². The zero-order valence-electron chi connectivity index (χ0n) is 9.21. The third kappa shape index (κ3) is 1.47. The molecule has 0 saturated heterocycles. The first-order chi connectivity index (χ1) is 8.66. The number of carbonyl (C=O) groups is 1. The summed E-state index contributed by atoms with van der Waals surface area (Å²) in [6, 6.07) is 11.8. The van der Waals surface area contributed by atoms with Gasteiger partial charge in [-0.3, -0.25) is 4.79 Å². The minimum atomic E-state index is -1.25. The number of fused-ring (bicyclic) bond motifs is 3. The fourth-order valence-corrected chi connectivity index (χ4v) is 1.99. The van der Waals surface area contributed by atoms with Crippen molar-refractivity contribution in [2.75, 3.05) is 0 Å². The number of hydrogen-bond donors (Lipinski definition) is 1. The second kappa shape index (κ2) is 3.70. The maximum Gasteiger partial charge on any atom is 0.371 e. The number of carboxylic acid groups (broad SMARTS) is 1. The Morgan fingerprint density at radius 3 is 2.61 bits per heavy atom. The SMILES string of the molecule is O=C(O)c1cc(=O)c2ccc3ccccc3c2o1. The van der Waals surface area contributed by atoms with E-state index in [2.05, 4.69) is 0 Å². The van der Waals surface area contributed by atoms with Gasteiger partial charge in [-0.05, 0) is 11.5 Å². The minimum Gasteiger partial charge on any atom is -0.475 e. The third-order valence-electron chi connectivity index (χ3n) is 2.83. The van der Waals surface area contributed by atoms with Crippen molar-refractivity contribution < 1.29 is 14.3 Å². The predicted octanol–water partition coefficient (Wildman–Crippen LogP) is 2.64. The summed E-state index contributed by atoms with van der Waals surface area (Å²) in [5.74, 6) is -1.59. The largest absolute Gasteiger partial charge is 0.475 e. The van der Waals surface area contributed by atoms with Gasteiger partial charge in [0.05, 0.1) is 5.39 Å². The Morgan fingerprint density at radius 2 is 1.83 bits per heavy atom. The maximum absolute atomic E-state index is 11.8. The van der Waals surface area contributed by atoms with E-state index in [1.165, 1.54) is 0 Å². The van der Waals surface area contributed by atoms with Crippen LogP contribution in [0, 0.1) is 0 Å². The number of hydrogen-bond acceptors (Lipinski definition) is 3. The zero-order valence-corrected chi connectivity index (χ0v) is 9.21. The first-order valence-electron chi connectivity index (χ1n) is 5.36. The topological polar surface area (TPSA) is 67.5 Å². The monoisotopic (exact) mass is 240 g/mol. The van der Waals surface area contributed by atoms with E-state index in [9.17, 15) is 9.59 Å². The van der Waals surface area contributed by atoms with Gasteiger partial charge in [0.25, 0.3) is 0 Å². The van der Waals surface area contributed by atoms with Crippen molar-refractivity contribution in [3.05, 3.63) is 58.4 Å². The van der Waals surface area contributed by atoms with Gasteiger partial charge >= 0.3 is 5.97 Å². The molecule has 0 fully saturated rings. The third-order valence-corrected chi connectivity index (χ3v) is 2.83. The van der Waals surface area contributed by atoms with Crippen molar-refractivity contribution in [1.82, 2.24) is 0 Å². The first kappa shape index (κ1) is 10.5. The lowest BCUT2D eigenvalue weighted by atomic mass is 10.1. The van der Waals surface area contributed by atoms with Crippen LogP contribution in [0.1, 0.15) is 10.6 Å². The molecule has 3 rings (SSSR count). The van der Waals surface area contributed by atoms with E-state index in [0.717, 1.165) is 16.8 Å². The normalized spacial score (nSPS) is 10.9. The standard InChI is InChI=1S/C14H8O4/c15-11-7-12(14(16)17)18-13-9-4-2-1-3-8(9)5-6-10(11)13/h1-7H,(H,16,17). The molecule has 0 amide bonds. The van der Waals surface area contributed by atoms with Crippen LogP contribution in [-0.2, 0) is 0 Å². The number of benzene rings is 2. The van der Waals surface area contributed by atoms with Gasteiger partial charge in [-0.2, -0.15) is 0 Å². The summed E-state index contributed by atoms with van der Waals surface area (Å²) in [5.41, 5.74) is -0.0302. The molecule has 1 heterocycles. The predicted molar refractivity (Wildman–Crippen MR) is 66.9 cm³/mol. The molecule has 0 aliphatic carbocycles. The van der Waals surface area contributed by atoms with E-state index < -0.39 is 5.97 Å². The highest BCUT2D eigenvalue weighted by Crippen LogP contribution is 2.23. The Labute approximate surface area is 101 Å². The van der Waals surface area contributed by atoms with Gasteiger partial charge in [0.15, 0.2) is 5.43 Å². The minimum absolute atomic E-state index is 0.318. The van der Waals surface area contributed by atoms with Crippen LogP contribution in [0.2, 0.25) is 0 Å². The summed E-state index contributed by atoms with van der Waals surface area (Å²) >= 11 is 0. The molecule has 0 radical (unpaired) electrons. The second-order valence-corrected chi connectivity index (χ2v) is 3.94. The molecule has 2 aromatic carbocycles. The molecule has 1 N–H and O–H groups in total. The lowest BCUT2D eigenvalue weighted by Gasteiger charge is -2.03. The summed E-state index contributed by atoms with van der Waals surface area (Å²) in [7, 11) is 0. The Balaban J connectivity index is 2.56. The molecule has 88 valence electrons. The van der Waals surface area contributed by atoms with Crippen molar-refractivity contribution in [2.24, 2.45) is 0 Å². The van der Waals surface area contributed by atoms with Crippen LogP contribution in [0.15, 0.2) is 51.7 Å². The van der Waals surface area contributed by atoms with Crippen LogP contribution in [-0.4, -0.2) is 11.1 Å². The maximum atomic E-state index is 11.8. The van der Waals surface area contributed by atoms with Crippen molar-refractivity contribution in [1.29, 1.82) is 0 Å². The van der Waals surface area contributed by atoms with Gasteiger partial charge < -0.3 is 9.52 Å². The van der Waals surface area contributed by atoms with Gasteiger partial charge in [0, 0.05) is 11.5 Å². The molecule has 0 unspecified atom stereocenters. The molecule has 0 spiro atoms. The van der Waals surface area contributed by atoms with Gasteiger partial charge in [-0.25, -0.2) is 4.79 Å². The van der Waals surface area contributed by atoms with E-state index in [1.807, 2.05) is 24.3 Å². The molecule has 4 nitrogen and oxygen atoms in total. The van der Waals surface area contributed by atoms with E-state index in [1.54, 1.807) is 12.1 Å². The van der Waals surface area contributed by atoms with Crippen LogP contribution in [0.3, 0.4) is 0 Å². The molecular formula is C14H8O4. The molecule has 1 aromatic heterocycles. The smallest absolute Gasteiger partial charge is 0.371 e. The molecule has 4 heteroatoms. The number of carboxylic acids is 1. The molecule has 0 aliphatic rings. The molecular weight excluding hydrogens is 232 g/mol. The summed E-state index contributed by atoms with van der Waals surface area (Å²) < 4.78 is 5.32. The lowest BCUT2D eigenvalue weighted by molar-refractivity contribution is 0.0663. The summed E-state index contributed by atoms with van der Waals surface area (Å²) in [6.07, 6.45) is 0. The van der Waals surface area contributed by atoms with Crippen molar-refractivity contribution in [3.63, 3.8) is 0 Å². The quantitative estimate of drug-likeness (QED) is 0.664. The van der Waals surface area contributed by atoms with E-state index in [0.29, 0.717) is 11.0 Å². The molecule has 0 bridgehead atoms. The fourth-order valence-electron chi connectivity index (χ4n) is 1.99. The molecule has 0 aliphatic heterocycles. The number of rotatable bonds is 1. The van der Waals surface area contributed by atoms with Crippen LogP contribution in [0.4, 0.5) is 0 Å². The van der Waals surface area contributed by atoms with Gasteiger partial charge in [-0.1, -0.05) is 30.3 Å². The Morgan fingerprint density at radius 1 is 1.06 bits per heavy atom. The van der Waals surface area contributed by atoms with Gasteiger partial charge in [0.2, 0.25) is 5.76 Å². The molecule has 0 atom stereocenters. The molecule has 3 aromatic rings. The van der Waals surface area contributed by atoms with E-state index in [4.69, 9.17) is 9.52 Å². The highest BCUT2D eigenvalue weighted by Gasteiger charge is 2.12. The van der Waals surface area contributed by atoms with Crippen molar-refractivity contribution in [2.45, 2.75) is 0 Å². The zero-order chi connectivity index (χ0) is 12.7. The Hall–Kier alpha value is -2.62. The first-order valence-corrected chi connectivity index (χ1v) is 5.36. The van der Waals surface area contributed by atoms with Gasteiger partial charge in [0.1, 0.15) is 5.58 Å². The Bertz CT molecular complexity index is 830. The number of aromatic carboxylic acids is 1. The van der Waals surface area contributed by atoms with Crippen molar-refractivity contribution >= 4 is 27.7 Å². The average molecular weight is 240 g/mol. The van der Waals surface area contributed by atoms with Crippen LogP contribution in [0.5, 0.6) is 0 Å². The summed E-state index contributed by atoms with van der Waals surface area (Å²) in [5, 5.41) is 10.9. The lowest BCUT2D eigenvalue weighted by Crippen LogP contribution is -2.06. The highest BCUT2D eigenvalue weighted by atomic mass is 16.4. The summed E-state index contributed by atoms with van der Waals surface area (Å²) in [6.45, 7) is 0. The highest BCUT2D eigenvalue weighted by molar-refractivity contribution is 6.04. The summed E-state index contributed by atoms with van der Waals surface area (Å²) in [4.78, 5) is 22.7. The average Bonchev–Trinajstić information content (AvgIpc) is 2.38. The van der Waals surface area contributed by atoms with E-state index in [-0.39, 0.29) is 11.2 Å².